The molecule has 2 heterocycles. The second-order valence-electron chi connectivity index (χ2n) is 3.69. The van der Waals surface area contributed by atoms with E-state index in [-0.39, 0.29) is 0 Å². The van der Waals surface area contributed by atoms with Crippen LogP contribution in [0.25, 0.3) is 0 Å². The van der Waals surface area contributed by atoms with Crippen LogP contribution in [0, 0.1) is 6.92 Å². The van der Waals surface area contributed by atoms with E-state index in [2.05, 4.69) is 0 Å². The van der Waals surface area contributed by atoms with Crippen molar-refractivity contribution in [2.45, 2.75) is 25.7 Å². The summed E-state index contributed by atoms with van der Waals surface area (Å²) in [4.78, 5) is 13.1. The second-order valence-corrected chi connectivity index (χ2v) is 4.98. The highest BCUT2D eigenvalue weighted by atomic mass is 32.1. The number of hydrogen-bond donors (Lipinski definition) is 0. The third-order valence-electron chi connectivity index (χ3n) is 2.66. The van der Waals surface area contributed by atoms with Crippen molar-refractivity contribution in [2.24, 2.45) is 0 Å². The minimum Gasteiger partial charge on any atom is -0.381 e. The zero-order valence-corrected chi connectivity index (χ0v) is 9.10. The molecule has 2 nitrogen and oxygen atoms in total. The van der Waals surface area contributed by atoms with Crippen molar-refractivity contribution in [2.75, 3.05) is 13.2 Å². The van der Waals surface area contributed by atoms with Crippen LogP contribution in [0.2, 0.25) is 0 Å². The minimum atomic E-state index is 0.515. The molecule has 0 aromatic carbocycles. The number of hydrogen-bond acceptors (Lipinski definition) is 3. The summed E-state index contributed by atoms with van der Waals surface area (Å²) in [5.74, 6) is 0.515. The molecule has 1 aliphatic rings. The Morgan fingerprint density at radius 2 is 2.50 bits per heavy atom. The molecule has 3 heteroatoms. The summed E-state index contributed by atoms with van der Waals surface area (Å²) in [5, 5.41) is 0. The number of aldehydes is 1. The van der Waals surface area contributed by atoms with E-state index < -0.39 is 0 Å². The van der Waals surface area contributed by atoms with Crippen LogP contribution in [-0.4, -0.2) is 19.5 Å². The predicted molar refractivity (Wildman–Crippen MR) is 57.2 cm³/mol. The number of thiophene rings is 1. The summed E-state index contributed by atoms with van der Waals surface area (Å²) in [5.41, 5.74) is 0.843. The monoisotopic (exact) mass is 210 g/mol. The topological polar surface area (TPSA) is 26.3 Å². The number of carbonyl (C=O) groups is 1. The van der Waals surface area contributed by atoms with Gasteiger partial charge in [-0.15, -0.1) is 11.3 Å². The number of aryl methyl sites for hydroxylation is 1. The van der Waals surface area contributed by atoms with Crippen molar-refractivity contribution in [1.82, 2.24) is 0 Å². The van der Waals surface area contributed by atoms with Gasteiger partial charge in [0.05, 0.1) is 6.61 Å². The number of rotatable bonds is 2. The summed E-state index contributed by atoms with van der Waals surface area (Å²) < 4.78 is 5.44. The molecular formula is C11H14O2S. The van der Waals surface area contributed by atoms with Crippen LogP contribution < -0.4 is 0 Å². The lowest BCUT2D eigenvalue weighted by atomic mass is 10.00. The lowest BCUT2D eigenvalue weighted by Crippen LogP contribution is -2.14. The first kappa shape index (κ1) is 9.87. The average molecular weight is 210 g/mol. The van der Waals surface area contributed by atoms with Gasteiger partial charge in [-0.1, -0.05) is 0 Å². The van der Waals surface area contributed by atoms with Crippen molar-refractivity contribution in [1.29, 1.82) is 0 Å². The zero-order valence-electron chi connectivity index (χ0n) is 8.29. The molecule has 1 unspecified atom stereocenters. The first-order valence-corrected chi connectivity index (χ1v) is 5.76. The highest BCUT2D eigenvalue weighted by Crippen LogP contribution is 2.32. The SMILES string of the molecule is Cc1sc(C2CCCOC2)cc1C=O. The third-order valence-corrected chi connectivity index (χ3v) is 3.89. The largest absolute Gasteiger partial charge is 0.381 e. The third kappa shape index (κ3) is 1.88. The summed E-state index contributed by atoms with van der Waals surface area (Å²) in [6.07, 6.45) is 3.27. The molecule has 1 saturated heterocycles. The van der Waals surface area contributed by atoms with E-state index in [0.29, 0.717) is 5.92 Å². The minimum absolute atomic E-state index is 0.515. The van der Waals surface area contributed by atoms with Crippen LogP contribution in [0.3, 0.4) is 0 Å². The molecule has 1 fully saturated rings. The first-order valence-electron chi connectivity index (χ1n) is 4.94. The van der Waals surface area contributed by atoms with Gasteiger partial charge in [0.25, 0.3) is 0 Å². The Bertz CT molecular complexity index is 324. The Kier molecular flexibility index (Phi) is 2.99. The van der Waals surface area contributed by atoms with Gasteiger partial charge < -0.3 is 4.74 Å². The molecular weight excluding hydrogens is 196 g/mol. The molecule has 1 aliphatic heterocycles. The van der Waals surface area contributed by atoms with Gasteiger partial charge >= 0.3 is 0 Å². The van der Waals surface area contributed by atoms with Gasteiger partial charge in [-0.05, 0) is 25.8 Å². The molecule has 0 aliphatic carbocycles. The van der Waals surface area contributed by atoms with Crippen LogP contribution in [0.1, 0.15) is 38.9 Å². The molecule has 1 aromatic heterocycles. The van der Waals surface area contributed by atoms with E-state index in [4.69, 9.17) is 4.74 Å². The molecule has 0 spiro atoms. The van der Waals surface area contributed by atoms with E-state index in [9.17, 15) is 4.79 Å². The van der Waals surface area contributed by atoms with Crippen molar-refractivity contribution >= 4 is 17.6 Å². The smallest absolute Gasteiger partial charge is 0.151 e. The van der Waals surface area contributed by atoms with Crippen LogP contribution >= 0.6 is 11.3 Å². The summed E-state index contributed by atoms with van der Waals surface area (Å²) >= 11 is 1.73. The van der Waals surface area contributed by atoms with Crippen LogP contribution in [-0.2, 0) is 4.74 Å². The van der Waals surface area contributed by atoms with E-state index in [1.54, 1.807) is 11.3 Å². The standard InChI is InChI=1S/C11H14O2S/c1-8-10(6-12)5-11(14-8)9-3-2-4-13-7-9/h5-6,9H,2-4,7H2,1H3. The molecule has 0 radical (unpaired) electrons. The predicted octanol–water partition coefficient (Wildman–Crippen LogP) is 2.76. The maximum atomic E-state index is 10.7. The summed E-state index contributed by atoms with van der Waals surface area (Å²) in [7, 11) is 0. The lowest BCUT2D eigenvalue weighted by Gasteiger charge is -2.20. The van der Waals surface area contributed by atoms with Crippen molar-refractivity contribution in [3.8, 4) is 0 Å². The van der Waals surface area contributed by atoms with Crippen LogP contribution in [0.15, 0.2) is 6.07 Å². The van der Waals surface area contributed by atoms with Gasteiger partial charge in [-0.2, -0.15) is 0 Å². The molecule has 0 N–H and O–H groups in total. The normalized spacial score (nSPS) is 22.2. The Hall–Kier alpha value is -0.670. The van der Waals surface area contributed by atoms with E-state index >= 15 is 0 Å². The first-order chi connectivity index (χ1) is 6.81. The Morgan fingerprint density at radius 3 is 3.07 bits per heavy atom. The molecule has 2 rings (SSSR count). The lowest BCUT2D eigenvalue weighted by molar-refractivity contribution is 0.0813. The van der Waals surface area contributed by atoms with Crippen molar-refractivity contribution in [3.63, 3.8) is 0 Å². The van der Waals surface area contributed by atoms with Crippen molar-refractivity contribution in [3.05, 3.63) is 21.4 Å². The molecule has 0 amide bonds. The summed E-state index contributed by atoms with van der Waals surface area (Å²) in [6.45, 7) is 3.71. The van der Waals surface area contributed by atoms with Crippen LogP contribution in [0.4, 0.5) is 0 Å². The highest BCUT2D eigenvalue weighted by molar-refractivity contribution is 7.12. The molecule has 1 atom stereocenters. The molecule has 1 aromatic rings. The van der Waals surface area contributed by atoms with E-state index in [1.807, 2.05) is 13.0 Å². The van der Waals surface area contributed by atoms with Gasteiger partial charge in [0.2, 0.25) is 0 Å². The van der Waals surface area contributed by atoms with E-state index in [1.165, 1.54) is 11.3 Å². The van der Waals surface area contributed by atoms with E-state index in [0.717, 1.165) is 36.4 Å². The molecule has 0 saturated carbocycles. The summed E-state index contributed by atoms with van der Waals surface area (Å²) in [6, 6.07) is 2.02. The average Bonchev–Trinajstić information content (AvgIpc) is 2.61. The Labute approximate surface area is 87.9 Å². The van der Waals surface area contributed by atoms with Crippen LogP contribution in [0.5, 0.6) is 0 Å². The molecule has 0 bridgehead atoms. The van der Waals surface area contributed by atoms with Gasteiger partial charge in [0.1, 0.15) is 0 Å². The fourth-order valence-electron chi connectivity index (χ4n) is 1.80. The fourth-order valence-corrected chi connectivity index (χ4v) is 2.92. The number of ether oxygens (including phenoxy) is 1. The van der Waals surface area contributed by atoms with Gasteiger partial charge in [-0.25, -0.2) is 0 Å². The van der Waals surface area contributed by atoms with Gasteiger partial charge in [0.15, 0.2) is 6.29 Å². The molecule has 76 valence electrons. The second kappa shape index (κ2) is 4.24. The zero-order chi connectivity index (χ0) is 9.97. The highest BCUT2D eigenvalue weighted by Gasteiger charge is 2.18. The maximum absolute atomic E-state index is 10.7. The fraction of sp³-hybridized carbons (Fsp3) is 0.545. The van der Waals surface area contributed by atoms with Gasteiger partial charge in [-0.3, -0.25) is 4.79 Å². The van der Waals surface area contributed by atoms with Gasteiger partial charge in [0, 0.05) is 27.8 Å². The maximum Gasteiger partial charge on any atom is 0.151 e. The molecule has 14 heavy (non-hydrogen) atoms. The van der Waals surface area contributed by atoms with Crippen molar-refractivity contribution < 1.29 is 9.53 Å². The number of carbonyl (C=O) groups excluding carboxylic acids is 1. The quantitative estimate of drug-likeness (QED) is 0.702. The Balaban J connectivity index is 2.18. The Morgan fingerprint density at radius 1 is 1.64 bits per heavy atom.